The molecule has 0 bridgehead atoms. The minimum atomic E-state index is -0.450. The first-order chi connectivity index (χ1) is 15.1. The first kappa shape index (κ1) is 20.2. The lowest BCUT2D eigenvalue weighted by atomic mass is 10.1. The van der Waals surface area contributed by atoms with Crippen LogP contribution in [0.2, 0.25) is 0 Å². The lowest BCUT2D eigenvalue weighted by Crippen LogP contribution is -2.48. The van der Waals surface area contributed by atoms with Crippen molar-refractivity contribution < 1.29 is 9.72 Å². The van der Waals surface area contributed by atoms with Crippen LogP contribution in [0.5, 0.6) is 0 Å². The minimum Gasteiger partial charge on any atom is -0.353 e. The first-order valence-corrected chi connectivity index (χ1v) is 9.95. The highest BCUT2D eigenvalue weighted by Crippen LogP contribution is 2.21. The van der Waals surface area contributed by atoms with Crippen molar-refractivity contribution in [1.29, 1.82) is 0 Å². The molecular weight excluding hydrogens is 394 g/mol. The molecule has 0 saturated carbocycles. The van der Waals surface area contributed by atoms with E-state index >= 15 is 0 Å². The van der Waals surface area contributed by atoms with Crippen molar-refractivity contribution in [3.63, 3.8) is 0 Å². The highest BCUT2D eigenvalue weighted by Gasteiger charge is 2.21. The van der Waals surface area contributed by atoms with Crippen LogP contribution in [0, 0.1) is 10.1 Å². The number of para-hydroxylation sites is 1. The van der Waals surface area contributed by atoms with Gasteiger partial charge in [0.05, 0.1) is 10.5 Å². The van der Waals surface area contributed by atoms with Crippen LogP contribution in [0.25, 0.3) is 17.5 Å². The minimum absolute atomic E-state index is 0.0191. The molecule has 0 radical (unpaired) electrons. The van der Waals surface area contributed by atoms with Crippen molar-refractivity contribution >= 4 is 23.5 Å². The molecule has 1 fully saturated rings. The van der Waals surface area contributed by atoms with Crippen LogP contribution in [0.1, 0.15) is 5.56 Å². The fraction of sp³-hybridized carbons (Fsp3) is 0.174. The van der Waals surface area contributed by atoms with E-state index in [9.17, 15) is 14.9 Å². The van der Waals surface area contributed by atoms with E-state index in [4.69, 9.17) is 0 Å². The second kappa shape index (κ2) is 9.17. The van der Waals surface area contributed by atoms with E-state index in [1.807, 2.05) is 36.4 Å². The molecule has 1 aromatic heterocycles. The summed E-state index contributed by atoms with van der Waals surface area (Å²) in [5.74, 6) is 1.34. The van der Waals surface area contributed by atoms with Gasteiger partial charge in [0.25, 0.3) is 5.69 Å². The molecule has 3 aromatic rings. The number of nitrogens with zero attached hydrogens (tertiary/aromatic N) is 5. The Morgan fingerprint density at radius 3 is 2.42 bits per heavy atom. The number of nitro benzene ring substituents is 1. The number of nitro groups is 1. The van der Waals surface area contributed by atoms with Gasteiger partial charge in [-0.1, -0.05) is 42.5 Å². The summed E-state index contributed by atoms with van der Waals surface area (Å²) in [5.41, 5.74) is 1.35. The molecule has 156 valence electrons. The zero-order valence-corrected chi connectivity index (χ0v) is 16.8. The molecule has 8 heteroatoms. The van der Waals surface area contributed by atoms with Gasteiger partial charge in [-0.25, -0.2) is 9.97 Å². The van der Waals surface area contributed by atoms with Crippen LogP contribution in [-0.2, 0) is 4.79 Å². The fourth-order valence-electron chi connectivity index (χ4n) is 3.47. The molecule has 0 spiro atoms. The van der Waals surface area contributed by atoms with Crippen LogP contribution in [0.15, 0.2) is 72.9 Å². The van der Waals surface area contributed by atoms with Crippen LogP contribution in [0.3, 0.4) is 0 Å². The third kappa shape index (κ3) is 4.75. The van der Waals surface area contributed by atoms with E-state index in [0.717, 1.165) is 11.4 Å². The summed E-state index contributed by atoms with van der Waals surface area (Å²) in [4.78, 5) is 36.1. The van der Waals surface area contributed by atoms with E-state index in [1.165, 1.54) is 18.2 Å². The van der Waals surface area contributed by atoms with E-state index in [0.29, 0.717) is 37.6 Å². The van der Waals surface area contributed by atoms with Gasteiger partial charge in [-0.3, -0.25) is 14.9 Å². The zero-order chi connectivity index (χ0) is 21.6. The van der Waals surface area contributed by atoms with Gasteiger partial charge < -0.3 is 9.80 Å². The molecule has 2 heterocycles. The number of amides is 1. The van der Waals surface area contributed by atoms with Crippen molar-refractivity contribution in [2.24, 2.45) is 0 Å². The number of rotatable bonds is 5. The van der Waals surface area contributed by atoms with E-state index in [-0.39, 0.29) is 11.6 Å². The Balaban J connectivity index is 1.39. The predicted molar refractivity (Wildman–Crippen MR) is 118 cm³/mol. The van der Waals surface area contributed by atoms with Gasteiger partial charge in [0, 0.05) is 50.1 Å². The monoisotopic (exact) mass is 415 g/mol. The number of piperazine rings is 1. The highest BCUT2D eigenvalue weighted by atomic mass is 16.6. The molecule has 1 aliphatic heterocycles. The number of benzene rings is 2. The smallest absolute Gasteiger partial charge is 0.276 e. The van der Waals surface area contributed by atoms with Crippen molar-refractivity contribution in [1.82, 2.24) is 14.9 Å². The SMILES string of the molecule is O=C(/C=C/c1ccccc1[N+](=O)[O-])N1CCN(c2ccnc(-c3ccccc3)n2)CC1. The Kier molecular flexibility index (Phi) is 5.98. The number of anilines is 1. The summed E-state index contributed by atoms with van der Waals surface area (Å²) in [6, 6.07) is 18.0. The third-order valence-electron chi connectivity index (χ3n) is 5.13. The molecule has 0 atom stereocenters. The Bertz CT molecular complexity index is 1110. The molecule has 31 heavy (non-hydrogen) atoms. The van der Waals surface area contributed by atoms with Crippen LogP contribution in [-0.4, -0.2) is 51.9 Å². The molecule has 1 saturated heterocycles. The van der Waals surface area contributed by atoms with Gasteiger partial charge in [-0.2, -0.15) is 0 Å². The molecule has 0 unspecified atom stereocenters. The fourth-order valence-corrected chi connectivity index (χ4v) is 3.47. The lowest BCUT2D eigenvalue weighted by Gasteiger charge is -2.35. The predicted octanol–water partition coefficient (Wildman–Crippen LogP) is 3.41. The van der Waals surface area contributed by atoms with E-state index < -0.39 is 4.92 Å². The maximum atomic E-state index is 12.6. The Hall–Kier alpha value is -4.07. The average molecular weight is 415 g/mol. The molecule has 2 aromatic carbocycles. The standard InChI is InChI=1S/C23H21N5O3/c29-22(11-10-18-6-4-5-9-20(18)28(30)31)27-16-14-26(15-17-27)21-12-13-24-23(25-21)19-7-2-1-3-8-19/h1-13H,14-17H2/b11-10+. The topological polar surface area (TPSA) is 92.5 Å². The van der Waals surface area contributed by atoms with Crippen molar-refractivity contribution in [3.05, 3.63) is 88.6 Å². The molecule has 0 aliphatic carbocycles. The highest BCUT2D eigenvalue weighted by molar-refractivity contribution is 5.92. The maximum Gasteiger partial charge on any atom is 0.276 e. The summed E-state index contributed by atoms with van der Waals surface area (Å²) in [6.07, 6.45) is 4.65. The van der Waals surface area contributed by atoms with Gasteiger partial charge in [0.15, 0.2) is 5.82 Å². The normalized spacial score (nSPS) is 14.1. The van der Waals surface area contributed by atoms with Crippen LogP contribution in [0.4, 0.5) is 11.5 Å². The number of hydrogen-bond acceptors (Lipinski definition) is 6. The Morgan fingerprint density at radius 2 is 1.68 bits per heavy atom. The molecular formula is C23H21N5O3. The quantitative estimate of drug-likeness (QED) is 0.360. The third-order valence-corrected chi connectivity index (χ3v) is 5.13. The van der Waals surface area contributed by atoms with Gasteiger partial charge in [0.2, 0.25) is 5.91 Å². The van der Waals surface area contributed by atoms with Crippen molar-refractivity contribution in [2.45, 2.75) is 0 Å². The molecule has 1 aliphatic rings. The largest absolute Gasteiger partial charge is 0.353 e. The van der Waals surface area contributed by atoms with Gasteiger partial charge in [0.1, 0.15) is 5.82 Å². The molecule has 1 amide bonds. The van der Waals surface area contributed by atoms with E-state index in [1.54, 1.807) is 29.3 Å². The van der Waals surface area contributed by atoms with Gasteiger partial charge in [-0.15, -0.1) is 0 Å². The van der Waals surface area contributed by atoms with E-state index in [2.05, 4.69) is 14.9 Å². The maximum absolute atomic E-state index is 12.6. The zero-order valence-electron chi connectivity index (χ0n) is 16.8. The number of carbonyl (C=O) groups is 1. The molecule has 8 nitrogen and oxygen atoms in total. The lowest BCUT2D eigenvalue weighted by molar-refractivity contribution is -0.385. The summed E-state index contributed by atoms with van der Waals surface area (Å²) in [7, 11) is 0. The van der Waals surface area contributed by atoms with Crippen molar-refractivity contribution in [2.75, 3.05) is 31.1 Å². The summed E-state index contributed by atoms with van der Waals surface area (Å²) in [6.45, 7) is 2.39. The summed E-state index contributed by atoms with van der Waals surface area (Å²) >= 11 is 0. The second-order valence-electron chi connectivity index (χ2n) is 7.07. The Labute approximate surface area is 179 Å². The number of aromatic nitrogens is 2. The summed E-state index contributed by atoms with van der Waals surface area (Å²) < 4.78 is 0. The van der Waals surface area contributed by atoms with Gasteiger partial charge in [-0.05, 0) is 18.2 Å². The summed E-state index contributed by atoms with van der Waals surface area (Å²) in [5, 5.41) is 11.1. The van der Waals surface area contributed by atoms with Crippen LogP contribution >= 0.6 is 0 Å². The number of hydrogen-bond donors (Lipinski definition) is 0. The van der Waals surface area contributed by atoms with Crippen molar-refractivity contribution in [3.8, 4) is 11.4 Å². The average Bonchev–Trinajstić information content (AvgIpc) is 2.83. The molecule has 4 rings (SSSR count). The first-order valence-electron chi connectivity index (χ1n) is 9.95. The van der Waals surface area contributed by atoms with Gasteiger partial charge >= 0.3 is 0 Å². The van der Waals surface area contributed by atoms with Crippen LogP contribution < -0.4 is 4.90 Å². The number of carbonyl (C=O) groups excluding carboxylic acids is 1. The molecule has 0 N–H and O–H groups in total. The Morgan fingerprint density at radius 1 is 0.968 bits per heavy atom. The second-order valence-corrected chi connectivity index (χ2v) is 7.07.